The maximum atomic E-state index is 13.8. The van der Waals surface area contributed by atoms with E-state index in [-0.39, 0.29) is 32.3 Å². The molecule has 1 atom stereocenters. The second-order valence-corrected chi connectivity index (χ2v) is 14.4. The number of hydrazone groups is 1. The van der Waals surface area contributed by atoms with Gasteiger partial charge in [-0.2, -0.15) is 15.2 Å². The number of nitrogens with zero attached hydrogens (tertiary/aromatic N) is 4. The number of hydrogen-bond donors (Lipinski definition) is 2. The topological polar surface area (TPSA) is 125 Å². The van der Waals surface area contributed by atoms with Crippen LogP contribution in [0.2, 0.25) is 15.1 Å². The highest BCUT2D eigenvalue weighted by Gasteiger charge is 2.40. The zero-order valence-corrected chi connectivity index (χ0v) is 33.1. The van der Waals surface area contributed by atoms with E-state index in [0.717, 1.165) is 24.3 Å². The molecule has 0 bridgehead atoms. The average Bonchev–Trinajstić information content (AvgIpc) is 3.43. The van der Waals surface area contributed by atoms with Gasteiger partial charge in [0.2, 0.25) is 6.04 Å². The van der Waals surface area contributed by atoms with Crippen LogP contribution in [0.3, 0.4) is 0 Å². The molecule has 0 aliphatic carbocycles. The number of aryl methyl sites for hydroxylation is 1. The highest BCUT2D eigenvalue weighted by atomic mass is 35.5. The minimum absolute atomic E-state index is 0.0778. The molecule has 3 aromatic carbocycles. The number of amidine groups is 1. The Kier molecular flexibility index (Phi) is 17.2. The number of esters is 1. The molecule has 0 radical (unpaired) electrons. The van der Waals surface area contributed by atoms with E-state index in [1.807, 2.05) is 0 Å². The zero-order valence-electron chi connectivity index (χ0n) is 30.8. The largest absolute Gasteiger partial charge is 0.508 e. The van der Waals surface area contributed by atoms with Crippen LogP contribution in [0.15, 0.2) is 63.9 Å². The van der Waals surface area contributed by atoms with Crippen LogP contribution in [0.1, 0.15) is 113 Å². The molecule has 1 aliphatic heterocycles. The monoisotopic (exact) mass is 785 g/mol. The van der Waals surface area contributed by atoms with E-state index in [9.17, 15) is 14.7 Å². The summed E-state index contributed by atoms with van der Waals surface area (Å²) in [5.41, 5.74) is 1.91. The van der Waals surface area contributed by atoms with Crippen LogP contribution in [0.25, 0.3) is 0 Å². The smallest absolute Gasteiger partial charge is 0.338 e. The number of anilines is 2. The number of ether oxygens (including phenoxy) is 2. The standard InChI is InChI=1S/C40H50Cl3N5O5/c1-4-5-6-7-8-9-10-11-12-13-14-15-16-17-22-53-40(51)28-18-20-35(31(41)24-28)44-38-36(46-45-34-21-19-29(49)23-27(34)2)39(50)48(47-38)37-32(42)25-30(52-3)26-33(37)43/h18-21,23-26,36,49H,4-17,22H2,1-3H3,(H,44,47)/b46-45+. The maximum Gasteiger partial charge on any atom is 0.338 e. The van der Waals surface area contributed by atoms with Crippen LogP contribution < -0.4 is 15.1 Å². The molecule has 1 unspecified atom stereocenters. The van der Waals surface area contributed by atoms with Gasteiger partial charge in [0, 0.05) is 12.1 Å². The van der Waals surface area contributed by atoms with Crippen LogP contribution >= 0.6 is 34.8 Å². The molecule has 0 fully saturated rings. The fraction of sp³-hybridized carbons (Fsp3) is 0.475. The van der Waals surface area contributed by atoms with Gasteiger partial charge in [-0.1, -0.05) is 125 Å². The molecule has 0 aromatic heterocycles. The van der Waals surface area contributed by atoms with Gasteiger partial charge in [-0.3, -0.25) is 4.79 Å². The molecule has 1 heterocycles. The van der Waals surface area contributed by atoms with Crippen LogP contribution in [0.4, 0.5) is 17.1 Å². The third kappa shape index (κ3) is 12.6. The van der Waals surface area contributed by atoms with Gasteiger partial charge < -0.3 is 19.9 Å². The van der Waals surface area contributed by atoms with Crippen molar-refractivity contribution in [2.75, 3.05) is 24.0 Å². The van der Waals surface area contributed by atoms with Gasteiger partial charge in [-0.15, -0.1) is 5.10 Å². The van der Waals surface area contributed by atoms with Gasteiger partial charge in [-0.05, 0) is 55.3 Å². The van der Waals surface area contributed by atoms with Crippen LogP contribution in [0.5, 0.6) is 11.5 Å². The molecule has 286 valence electrons. The summed E-state index contributed by atoms with van der Waals surface area (Å²) in [7, 11) is 1.47. The van der Waals surface area contributed by atoms with Gasteiger partial charge in [0.1, 0.15) is 17.2 Å². The average molecular weight is 787 g/mol. The highest BCUT2D eigenvalue weighted by Crippen LogP contribution is 2.40. The van der Waals surface area contributed by atoms with E-state index in [1.165, 1.54) is 108 Å². The minimum atomic E-state index is -1.23. The SMILES string of the molecule is CCCCCCCCCCCCCCCCOC(=O)c1ccc(NC2=NN(c3c(Cl)cc(OC)cc3Cl)C(=O)C2/N=N/c2ccc(O)cc2C)c(Cl)c1. The van der Waals surface area contributed by atoms with Crippen LogP contribution in [0, 0.1) is 6.92 Å². The molecule has 3 aromatic rings. The van der Waals surface area contributed by atoms with E-state index in [2.05, 4.69) is 27.6 Å². The lowest BCUT2D eigenvalue weighted by molar-refractivity contribution is -0.117. The Morgan fingerprint density at radius 3 is 2.02 bits per heavy atom. The molecule has 10 nitrogen and oxygen atoms in total. The molecule has 0 saturated carbocycles. The van der Waals surface area contributed by atoms with Crippen molar-refractivity contribution in [2.24, 2.45) is 15.3 Å². The van der Waals surface area contributed by atoms with E-state index in [4.69, 9.17) is 44.3 Å². The Morgan fingerprint density at radius 1 is 0.849 bits per heavy atom. The normalized spacial score (nSPS) is 14.2. The number of hydrogen-bond acceptors (Lipinski definition) is 9. The number of carbonyl (C=O) groups excluding carboxylic acids is 2. The molecule has 2 N–H and O–H groups in total. The Bertz CT molecular complexity index is 1730. The van der Waals surface area contributed by atoms with Gasteiger partial charge in [0.05, 0.1) is 45.7 Å². The lowest BCUT2D eigenvalue weighted by Gasteiger charge is -2.16. The second-order valence-electron chi connectivity index (χ2n) is 13.2. The summed E-state index contributed by atoms with van der Waals surface area (Å²) in [5, 5.41) is 27.5. The Morgan fingerprint density at radius 2 is 1.45 bits per heavy atom. The van der Waals surface area contributed by atoms with E-state index < -0.39 is 17.9 Å². The summed E-state index contributed by atoms with van der Waals surface area (Å²) in [4.78, 5) is 26.6. The van der Waals surface area contributed by atoms with E-state index >= 15 is 0 Å². The van der Waals surface area contributed by atoms with Crippen molar-refractivity contribution in [1.82, 2.24) is 0 Å². The number of phenolic OH excluding ortho intramolecular Hbond substituents is 1. The molecule has 13 heteroatoms. The first kappa shape index (κ1) is 41.9. The van der Waals surface area contributed by atoms with Crippen molar-refractivity contribution in [1.29, 1.82) is 0 Å². The number of methoxy groups -OCH3 is 1. The summed E-state index contributed by atoms with van der Waals surface area (Å²) in [6.07, 6.45) is 17.6. The lowest BCUT2D eigenvalue weighted by atomic mass is 10.0. The van der Waals surface area contributed by atoms with Gasteiger partial charge in [0.25, 0.3) is 5.91 Å². The summed E-state index contributed by atoms with van der Waals surface area (Å²) in [5.74, 6) is -0.474. The first-order valence-corrected chi connectivity index (χ1v) is 19.7. The number of halogens is 3. The maximum absolute atomic E-state index is 13.8. The molecule has 1 aliphatic rings. The zero-order chi connectivity index (χ0) is 38.2. The van der Waals surface area contributed by atoms with Crippen molar-refractivity contribution in [3.05, 3.63) is 74.7 Å². The van der Waals surface area contributed by atoms with Gasteiger partial charge in [0.15, 0.2) is 5.84 Å². The number of nitrogens with one attached hydrogen (secondary N) is 1. The second kappa shape index (κ2) is 21.7. The lowest BCUT2D eigenvalue weighted by Crippen LogP contribution is -2.33. The fourth-order valence-electron chi connectivity index (χ4n) is 5.96. The summed E-state index contributed by atoms with van der Waals surface area (Å²) < 4.78 is 10.8. The number of rotatable bonds is 21. The predicted octanol–water partition coefficient (Wildman–Crippen LogP) is 12.2. The Hall–Kier alpha value is -3.86. The predicted molar refractivity (Wildman–Crippen MR) is 215 cm³/mol. The first-order valence-electron chi connectivity index (χ1n) is 18.5. The number of azo groups is 1. The number of unbranched alkanes of at least 4 members (excludes halogenated alkanes) is 13. The van der Waals surface area contributed by atoms with E-state index in [0.29, 0.717) is 34.9 Å². The number of aromatic hydroxyl groups is 1. The van der Waals surface area contributed by atoms with Crippen molar-refractivity contribution in [2.45, 2.75) is 110 Å². The molecule has 0 saturated heterocycles. The van der Waals surface area contributed by atoms with Gasteiger partial charge >= 0.3 is 5.97 Å². The minimum Gasteiger partial charge on any atom is -0.508 e. The third-order valence-corrected chi connectivity index (χ3v) is 9.90. The quantitative estimate of drug-likeness (QED) is 0.0629. The van der Waals surface area contributed by atoms with E-state index in [1.54, 1.807) is 25.1 Å². The number of benzene rings is 3. The fourth-order valence-corrected chi connectivity index (χ4v) is 6.82. The van der Waals surface area contributed by atoms with Crippen LogP contribution in [-0.4, -0.2) is 42.6 Å². The van der Waals surface area contributed by atoms with Crippen LogP contribution in [-0.2, 0) is 9.53 Å². The summed E-state index contributed by atoms with van der Waals surface area (Å²) in [6, 6.07) is 11.1. The Labute approximate surface area is 327 Å². The van der Waals surface area contributed by atoms with Gasteiger partial charge in [-0.25, -0.2) is 4.79 Å². The number of phenols is 1. The summed E-state index contributed by atoms with van der Waals surface area (Å²) >= 11 is 19.6. The summed E-state index contributed by atoms with van der Waals surface area (Å²) in [6.45, 7) is 4.35. The van der Waals surface area contributed by atoms with Crippen molar-refractivity contribution >= 4 is 69.6 Å². The molecule has 53 heavy (non-hydrogen) atoms. The molecular weight excluding hydrogens is 737 g/mol. The van der Waals surface area contributed by atoms with Crippen molar-refractivity contribution in [3.63, 3.8) is 0 Å². The molecular formula is C40H50Cl3N5O5. The Balaban J connectivity index is 1.32. The molecule has 0 spiro atoms. The number of amides is 1. The first-order chi connectivity index (χ1) is 25.6. The molecule has 1 amide bonds. The highest BCUT2D eigenvalue weighted by molar-refractivity contribution is 6.41. The number of carbonyl (C=O) groups is 2. The molecule has 4 rings (SSSR count). The van der Waals surface area contributed by atoms with Crippen molar-refractivity contribution in [3.8, 4) is 11.5 Å². The third-order valence-electron chi connectivity index (χ3n) is 9.01. The van der Waals surface area contributed by atoms with Crippen molar-refractivity contribution < 1.29 is 24.2 Å².